The summed E-state index contributed by atoms with van der Waals surface area (Å²) in [6.07, 6.45) is 0. The summed E-state index contributed by atoms with van der Waals surface area (Å²) in [6, 6.07) is 10.7. The van der Waals surface area contributed by atoms with E-state index >= 15 is 0 Å². The predicted molar refractivity (Wildman–Crippen MR) is 113 cm³/mol. The molecule has 0 bridgehead atoms. The van der Waals surface area contributed by atoms with Gasteiger partial charge in [0.05, 0.1) is 16.1 Å². The molecule has 4 rings (SSSR count). The average Bonchev–Trinajstić information content (AvgIpc) is 3.12. The summed E-state index contributed by atoms with van der Waals surface area (Å²) in [7, 11) is -3.79. The van der Waals surface area contributed by atoms with Crippen LogP contribution in [0.5, 0.6) is 0 Å². The van der Waals surface area contributed by atoms with Crippen LogP contribution < -0.4 is 17.2 Å². The molecule has 12 heteroatoms. The van der Waals surface area contributed by atoms with Crippen molar-refractivity contribution in [1.29, 1.82) is 0 Å². The fourth-order valence-corrected chi connectivity index (χ4v) is 4.82. The Morgan fingerprint density at radius 1 is 1.03 bits per heavy atom. The van der Waals surface area contributed by atoms with Crippen molar-refractivity contribution >= 4 is 38.7 Å². The summed E-state index contributed by atoms with van der Waals surface area (Å²) in [5, 5.41) is 0. The van der Waals surface area contributed by atoms with Gasteiger partial charge in [-0.1, -0.05) is 0 Å². The molecule has 3 aromatic rings. The third-order valence-corrected chi connectivity index (χ3v) is 6.82. The molecule has 11 nitrogen and oxygen atoms in total. The van der Waals surface area contributed by atoms with Gasteiger partial charge in [-0.25, -0.2) is 18.2 Å². The number of amides is 1. The highest BCUT2D eigenvalue weighted by atomic mass is 32.2. The molecule has 0 unspecified atom stereocenters. The number of nitrogens with one attached hydrogen (secondary N) is 1. The maximum Gasteiger partial charge on any atom is 0.417 e. The van der Waals surface area contributed by atoms with Gasteiger partial charge in [-0.3, -0.25) is 9.78 Å². The number of hydrogen-bond acceptors (Lipinski definition) is 6. The lowest BCUT2D eigenvalue weighted by Crippen LogP contribution is -2.50. The number of benzene rings is 2. The predicted octanol–water partition coefficient (Wildman–Crippen LogP) is 0.173. The van der Waals surface area contributed by atoms with Crippen LogP contribution in [0.25, 0.3) is 11.1 Å². The number of carbonyl (C=O) groups is 1. The Balaban J connectivity index is 1.45. The number of guanidine groups is 1. The normalized spacial score (nSPS) is 15.2. The first-order valence-corrected chi connectivity index (χ1v) is 10.8. The third kappa shape index (κ3) is 4.15. The zero-order chi connectivity index (χ0) is 22.2. The summed E-state index contributed by atoms with van der Waals surface area (Å²) in [4.78, 5) is 32.0. The molecule has 162 valence electrons. The number of rotatable bonds is 4. The number of H-pyrrole nitrogens is 1. The van der Waals surface area contributed by atoms with Gasteiger partial charge in [0.1, 0.15) is 0 Å². The van der Waals surface area contributed by atoms with Crippen molar-refractivity contribution in [2.75, 3.05) is 26.2 Å². The van der Waals surface area contributed by atoms with E-state index in [1.54, 1.807) is 29.2 Å². The Hall–Kier alpha value is -3.64. The second-order valence-electron chi connectivity index (χ2n) is 6.95. The molecular weight excluding hydrogens is 424 g/mol. The van der Waals surface area contributed by atoms with Crippen LogP contribution in [-0.4, -0.2) is 60.7 Å². The van der Waals surface area contributed by atoms with E-state index in [9.17, 15) is 18.0 Å². The van der Waals surface area contributed by atoms with Gasteiger partial charge in [-0.2, -0.15) is 4.31 Å². The van der Waals surface area contributed by atoms with E-state index in [0.29, 0.717) is 16.8 Å². The van der Waals surface area contributed by atoms with Crippen molar-refractivity contribution in [1.82, 2.24) is 14.2 Å². The number of aromatic amines is 1. The van der Waals surface area contributed by atoms with Gasteiger partial charge in [-0.15, -0.1) is 0 Å². The van der Waals surface area contributed by atoms with E-state index in [2.05, 4.69) is 9.98 Å². The van der Waals surface area contributed by atoms with Crippen LogP contribution in [0.1, 0.15) is 10.4 Å². The maximum absolute atomic E-state index is 13.0. The van der Waals surface area contributed by atoms with Crippen molar-refractivity contribution in [3.05, 3.63) is 58.6 Å². The number of nitrogens with zero attached hydrogens (tertiary/aromatic N) is 3. The molecule has 5 N–H and O–H groups in total. The standard InChI is InChI=1S/C19H20N6O5S/c20-18(21)22-13-3-1-12(2-4-13)17(26)24-7-9-25(10-8-24)31(28,29)14-5-6-15-16(11-14)30-19(27)23-15/h1-6,11H,7-10H2,(H,23,27)(H4,20,21,22). The zero-order valence-electron chi connectivity index (χ0n) is 16.3. The Labute approximate surface area is 177 Å². The first-order valence-electron chi connectivity index (χ1n) is 9.36. The van der Waals surface area contributed by atoms with E-state index in [-0.39, 0.29) is 48.5 Å². The summed E-state index contributed by atoms with van der Waals surface area (Å²) >= 11 is 0. The minimum atomic E-state index is -3.79. The lowest BCUT2D eigenvalue weighted by Gasteiger charge is -2.34. The molecule has 1 saturated heterocycles. The fourth-order valence-electron chi connectivity index (χ4n) is 3.38. The highest BCUT2D eigenvalue weighted by Gasteiger charge is 2.30. The van der Waals surface area contributed by atoms with Gasteiger partial charge in [0.15, 0.2) is 11.5 Å². The molecule has 0 spiro atoms. The summed E-state index contributed by atoms with van der Waals surface area (Å²) in [5.41, 5.74) is 12.3. The molecule has 1 fully saturated rings. The van der Waals surface area contributed by atoms with Crippen molar-refractivity contribution < 1.29 is 17.6 Å². The summed E-state index contributed by atoms with van der Waals surface area (Å²) < 4.78 is 32.2. The van der Waals surface area contributed by atoms with Crippen LogP contribution in [-0.2, 0) is 10.0 Å². The summed E-state index contributed by atoms with van der Waals surface area (Å²) in [5.74, 6) is -0.930. The molecule has 0 radical (unpaired) electrons. The number of hydrogen-bond donors (Lipinski definition) is 3. The first-order chi connectivity index (χ1) is 14.7. The van der Waals surface area contributed by atoms with Crippen molar-refractivity contribution in [2.45, 2.75) is 4.90 Å². The van der Waals surface area contributed by atoms with Gasteiger partial charge in [0.25, 0.3) is 5.91 Å². The smallest absolute Gasteiger partial charge is 0.408 e. The number of carbonyl (C=O) groups excluding carboxylic acids is 1. The number of aliphatic imine (C=N–C) groups is 1. The van der Waals surface area contributed by atoms with Crippen LogP contribution in [0.3, 0.4) is 0 Å². The van der Waals surface area contributed by atoms with Crippen LogP contribution in [0.4, 0.5) is 5.69 Å². The minimum Gasteiger partial charge on any atom is -0.408 e. The second kappa shape index (κ2) is 7.89. The molecule has 0 aliphatic carbocycles. The average molecular weight is 444 g/mol. The van der Waals surface area contributed by atoms with Gasteiger partial charge in [-0.05, 0) is 36.4 Å². The minimum absolute atomic E-state index is 0.0258. The highest BCUT2D eigenvalue weighted by Crippen LogP contribution is 2.22. The van der Waals surface area contributed by atoms with Gasteiger partial charge in [0.2, 0.25) is 10.0 Å². The zero-order valence-corrected chi connectivity index (χ0v) is 17.1. The highest BCUT2D eigenvalue weighted by molar-refractivity contribution is 7.89. The van der Waals surface area contributed by atoms with Gasteiger partial charge in [0, 0.05) is 37.8 Å². The largest absolute Gasteiger partial charge is 0.417 e. The molecule has 1 aliphatic rings. The second-order valence-corrected chi connectivity index (χ2v) is 8.89. The Morgan fingerprint density at radius 2 is 1.71 bits per heavy atom. The monoisotopic (exact) mass is 444 g/mol. The molecular formula is C19H20N6O5S. The number of aromatic nitrogens is 1. The van der Waals surface area contributed by atoms with Crippen molar-refractivity contribution in [3.63, 3.8) is 0 Å². The quantitative estimate of drug-likeness (QED) is 0.381. The maximum atomic E-state index is 13.0. The van der Waals surface area contributed by atoms with E-state index in [1.165, 1.54) is 22.5 Å². The number of fused-ring (bicyclic) bond motifs is 1. The van der Waals surface area contributed by atoms with Gasteiger partial charge >= 0.3 is 5.76 Å². The van der Waals surface area contributed by atoms with Crippen molar-refractivity contribution in [2.24, 2.45) is 16.5 Å². The molecule has 0 atom stereocenters. The summed E-state index contributed by atoms with van der Waals surface area (Å²) in [6.45, 7) is 0.787. The first kappa shape index (κ1) is 20.6. The van der Waals surface area contributed by atoms with E-state index < -0.39 is 15.8 Å². The number of sulfonamides is 1. The number of piperazine rings is 1. The molecule has 1 aromatic heterocycles. The third-order valence-electron chi connectivity index (χ3n) is 4.93. The Morgan fingerprint density at radius 3 is 2.35 bits per heavy atom. The van der Waals surface area contributed by atoms with Crippen LogP contribution in [0, 0.1) is 0 Å². The molecule has 2 aromatic carbocycles. The fraction of sp³-hybridized carbons (Fsp3) is 0.211. The van der Waals surface area contributed by atoms with E-state index in [0.717, 1.165) is 0 Å². The lowest BCUT2D eigenvalue weighted by molar-refractivity contribution is 0.0698. The lowest BCUT2D eigenvalue weighted by atomic mass is 10.1. The topological polar surface area (TPSA) is 168 Å². The molecule has 0 saturated carbocycles. The number of nitrogens with two attached hydrogens (primary N) is 2. The SMILES string of the molecule is NC(N)=Nc1ccc(C(=O)N2CCN(S(=O)(=O)c3ccc4[nH]c(=O)oc4c3)CC2)cc1. The number of oxazole rings is 1. The molecule has 1 aliphatic heterocycles. The molecule has 31 heavy (non-hydrogen) atoms. The Bertz CT molecular complexity index is 1310. The van der Waals surface area contributed by atoms with E-state index in [1.807, 2.05) is 0 Å². The molecule has 2 heterocycles. The Kier molecular flexibility index (Phi) is 5.25. The van der Waals surface area contributed by atoms with Crippen LogP contribution >= 0.6 is 0 Å². The molecule has 1 amide bonds. The van der Waals surface area contributed by atoms with E-state index in [4.69, 9.17) is 15.9 Å². The van der Waals surface area contributed by atoms with Gasteiger partial charge < -0.3 is 20.8 Å². The van der Waals surface area contributed by atoms with Crippen molar-refractivity contribution in [3.8, 4) is 0 Å². The van der Waals surface area contributed by atoms with Crippen LogP contribution in [0.15, 0.2) is 61.6 Å². The van der Waals surface area contributed by atoms with Crippen LogP contribution in [0.2, 0.25) is 0 Å².